The third kappa shape index (κ3) is 5.31. The summed E-state index contributed by atoms with van der Waals surface area (Å²) in [6.45, 7) is 5.01. The van der Waals surface area contributed by atoms with Crippen LogP contribution in [0.5, 0.6) is 0 Å². The van der Waals surface area contributed by atoms with Gasteiger partial charge in [-0.15, -0.1) is 0 Å². The van der Waals surface area contributed by atoms with Crippen LogP contribution in [0.3, 0.4) is 0 Å². The van der Waals surface area contributed by atoms with Gasteiger partial charge >= 0.3 is 12.1 Å². The standard InChI is InChI=1S/C17H21N3O.C2HF3O2/c1-12-2-5-14(21-12)10-20-8-6-15-16(7-9-20)18-11-19-17(15)13-3-4-13;3-2(4,5)1(6)7/h2,5,11,13H,3-4,6-10H2,1H3;(H,6,7). The second kappa shape index (κ2) is 8.30. The van der Waals surface area contributed by atoms with E-state index in [0.29, 0.717) is 5.92 Å². The van der Waals surface area contributed by atoms with Gasteiger partial charge < -0.3 is 9.52 Å². The molecule has 0 atom stereocenters. The van der Waals surface area contributed by atoms with Gasteiger partial charge in [-0.05, 0) is 43.9 Å². The lowest BCUT2D eigenvalue weighted by atomic mass is 10.0. The first-order chi connectivity index (χ1) is 13.2. The number of aliphatic carboxylic acids is 1. The van der Waals surface area contributed by atoms with Crippen molar-refractivity contribution in [3.63, 3.8) is 0 Å². The second-order valence-corrected chi connectivity index (χ2v) is 7.05. The van der Waals surface area contributed by atoms with Crippen LogP contribution in [0.4, 0.5) is 13.2 Å². The molecule has 28 heavy (non-hydrogen) atoms. The number of fused-ring (bicyclic) bond motifs is 1. The number of hydrogen-bond donors (Lipinski definition) is 1. The van der Waals surface area contributed by atoms with Gasteiger partial charge in [0.05, 0.1) is 12.2 Å². The summed E-state index contributed by atoms with van der Waals surface area (Å²) >= 11 is 0. The Morgan fingerprint density at radius 2 is 1.93 bits per heavy atom. The number of carboxylic acid groups (broad SMARTS) is 1. The molecule has 0 radical (unpaired) electrons. The van der Waals surface area contributed by atoms with Gasteiger partial charge in [0.1, 0.15) is 17.8 Å². The molecule has 1 aliphatic heterocycles. The highest BCUT2D eigenvalue weighted by Crippen LogP contribution is 2.41. The predicted molar refractivity (Wildman–Crippen MR) is 93.8 cm³/mol. The van der Waals surface area contributed by atoms with E-state index in [4.69, 9.17) is 14.3 Å². The molecule has 4 rings (SSSR count). The third-order valence-electron chi connectivity index (χ3n) is 4.79. The summed E-state index contributed by atoms with van der Waals surface area (Å²) in [4.78, 5) is 20.5. The summed E-state index contributed by atoms with van der Waals surface area (Å²) in [5.74, 6) is 0.00507. The third-order valence-corrected chi connectivity index (χ3v) is 4.79. The quantitative estimate of drug-likeness (QED) is 0.854. The molecule has 0 unspecified atom stereocenters. The molecule has 2 aromatic heterocycles. The minimum atomic E-state index is -5.08. The average molecular weight is 397 g/mol. The zero-order valence-corrected chi connectivity index (χ0v) is 15.5. The lowest BCUT2D eigenvalue weighted by Crippen LogP contribution is -2.25. The van der Waals surface area contributed by atoms with Gasteiger partial charge in [0.25, 0.3) is 0 Å². The van der Waals surface area contributed by atoms with Crippen LogP contribution in [0.15, 0.2) is 22.9 Å². The summed E-state index contributed by atoms with van der Waals surface area (Å²) < 4.78 is 37.4. The van der Waals surface area contributed by atoms with E-state index < -0.39 is 12.1 Å². The van der Waals surface area contributed by atoms with Crippen molar-refractivity contribution in [2.24, 2.45) is 0 Å². The first kappa shape index (κ1) is 20.3. The summed E-state index contributed by atoms with van der Waals surface area (Å²) in [5.41, 5.74) is 4.03. The van der Waals surface area contributed by atoms with Crippen molar-refractivity contribution < 1.29 is 27.5 Å². The first-order valence-electron chi connectivity index (χ1n) is 9.14. The van der Waals surface area contributed by atoms with E-state index in [9.17, 15) is 13.2 Å². The van der Waals surface area contributed by atoms with Crippen molar-refractivity contribution in [1.82, 2.24) is 14.9 Å². The average Bonchev–Trinajstić information content (AvgIpc) is 3.41. The van der Waals surface area contributed by atoms with Crippen molar-refractivity contribution in [2.75, 3.05) is 13.1 Å². The number of alkyl halides is 3. The molecule has 2 aliphatic rings. The van der Waals surface area contributed by atoms with Crippen LogP contribution in [0.1, 0.15) is 47.2 Å². The normalized spacial score (nSPS) is 17.3. The molecule has 0 spiro atoms. The van der Waals surface area contributed by atoms with Crippen LogP contribution in [-0.4, -0.2) is 45.2 Å². The van der Waals surface area contributed by atoms with E-state index in [1.54, 1.807) is 6.33 Å². The van der Waals surface area contributed by atoms with Crippen LogP contribution in [-0.2, 0) is 24.2 Å². The fourth-order valence-electron chi connectivity index (χ4n) is 3.26. The van der Waals surface area contributed by atoms with Crippen molar-refractivity contribution in [1.29, 1.82) is 0 Å². The van der Waals surface area contributed by atoms with E-state index in [0.717, 1.165) is 44.0 Å². The van der Waals surface area contributed by atoms with Crippen LogP contribution in [0, 0.1) is 6.92 Å². The topological polar surface area (TPSA) is 79.5 Å². The first-order valence-corrected chi connectivity index (χ1v) is 9.14. The van der Waals surface area contributed by atoms with Gasteiger partial charge in [0, 0.05) is 31.1 Å². The Hall–Kier alpha value is -2.42. The molecule has 3 heterocycles. The summed E-state index contributed by atoms with van der Waals surface area (Å²) in [6.07, 6.45) is 1.38. The SMILES string of the molecule is Cc1ccc(CN2CCc3ncnc(C4CC4)c3CC2)o1.O=C(O)C(F)(F)F. The molecule has 1 N–H and O–H groups in total. The van der Waals surface area contributed by atoms with E-state index in [1.807, 2.05) is 13.0 Å². The predicted octanol–water partition coefficient (Wildman–Crippen LogP) is 3.49. The summed E-state index contributed by atoms with van der Waals surface area (Å²) in [7, 11) is 0. The Balaban J connectivity index is 0.000000279. The molecule has 2 aromatic rings. The van der Waals surface area contributed by atoms with Crippen molar-refractivity contribution in [3.05, 3.63) is 46.9 Å². The highest BCUT2D eigenvalue weighted by atomic mass is 19.4. The Morgan fingerprint density at radius 1 is 1.25 bits per heavy atom. The smallest absolute Gasteiger partial charge is 0.475 e. The molecular formula is C19H22F3N3O3. The lowest BCUT2D eigenvalue weighted by Gasteiger charge is -2.17. The Bertz CT molecular complexity index is 831. The fourth-order valence-corrected chi connectivity index (χ4v) is 3.26. The molecule has 6 nitrogen and oxygen atoms in total. The number of hydrogen-bond acceptors (Lipinski definition) is 5. The maximum absolute atomic E-state index is 10.6. The van der Waals surface area contributed by atoms with E-state index in [2.05, 4.69) is 20.9 Å². The van der Waals surface area contributed by atoms with E-state index in [1.165, 1.54) is 29.8 Å². The van der Waals surface area contributed by atoms with Crippen LogP contribution in [0.2, 0.25) is 0 Å². The fraction of sp³-hybridized carbons (Fsp3) is 0.526. The zero-order valence-electron chi connectivity index (χ0n) is 15.5. The number of aromatic nitrogens is 2. The molecule has 0 aromatic carbocycles. The van der Waals surface area contributed by atoms with Gasteiger partial charge in [0.15, 0.2) is 0 Å². The second-order valence-electron chi connectivity index (χ2n) is 7.05. The molecule has 9 heteroatoms. The molecule has 0 amide bonds. The zero-order chi connectivity index (χ0) is 20.3. The maximum atomic E-state index is 10.6. The number of rotatable bonds is 3. The van der Waals surface area contributed by atoms with Gasteiger partial charge in [-0.1, -0.05) is 0 Å². The number of carbonyl (C=O) groups is 1. The van der Waals surface area contributed by atoms with E-state index in [-0.39, 0.29) is 0 Å². The van der Waals surface area contributed by atoms with Crippen LogP contribution in [0.25, 0.3) is 0 Å². The monoisotopic (exact) mass is 397 g/mol. The molecule has 152 valence electrons. The van der Waals surface area contributed by atoms with Gasteiger partial charge in [-0.3, -0.25) is 4.90 Å². The molecule has 0 bridgehead atoms. The van der Waals surface area contributed by atoms with Crippen molar-refractivity contribution >= 4 is 5.97 Å². The van der Waals surface area contributed by atoms with Gasteiger partial charge in [0.2, 0.25) is 0 Å². The van der Waals surface area contributed by atoms with Crippen molar-refractivity contribution in [3.8, 4) is 0 Å². The summed E-state index contributed by atoms with van der Waals surface area (Å²) in [5, 5.41) is 7.12. The number of aryl methyl sites for hydroxylation is 1. The lowest BCUT2D eigenvalue weighted by molar-refractivity contribution is -0.192. The largest absolute Gasteiger partial charge is 0.490 e. The van der Waals surface area contributed by atoms with E-state index >= 15 is 0 Å². The number of carboxylic acids is 1. The van der Waals surface area contributed by atoms with Gasteiger partial charge in [-0.25, -0.2) is 14.8 Å². The van der Waals surface area contributed by atoms with Gasteiger partial charge in [-0.2, -0.15) is 13.2 Å². The van der Waals surface area contributed by atoms with Crippen molar-refractivity contribution in [2.45, 2.75) is 51.2 Å². The number of halogens is 3. The number of furan rings is 1. The molecular weight excluding hydrogens is 375 g/mol. The highest BCUT2D eigenvalue weighted by molar-refractivity contribution is 5.73. The molecule has 0 saturated heterocycles. The Morgan fingerprint density at radius 3 is 2.50 bits per heavy atom. The Kier molecular flexibility index (Phi) is 6.02. The maximum Gasteiger partial charge on any atom is 0.490 e. The number of nitrogens with zero attached hydrogens (tertiary/aromatic N) is 3. The summed E-state index contributed by atoms with van der Waals surface area (Å²) in [6, 6.07) is 4.13. The molecule has 1 fully saturated rings. The van der Waals surface area contributed by atoms with Crippen LogP contribution >= 0.6 is 0 Å². The highest BCUT2D eigenvalue weighted by Gasteiger charge is 2.38. The molecule has 1 aliphatic carbocycles. The molecule has 1 saturated carbocycles. The minimum Gasteiger partial charge on any atom is -0.475 e. The minimum absolute atomic E-state index is 0.709. The Labute approximate surface area is 160 Å². The van der Waals surface area contributed by atoms with Crippen LogP contribution < -0.4 is 0 Å².